The first-order valence-electron chi connectivity index (χ1n) is 7.58. The van der Waals surface area contributed by atoms with Crippen molar-refractivity contribution in [1.29, 1.82) is 0 Å². The van der Waals surface area contributed by atoms with E-state index in [1.807, 2.05) is 39.0 Å². The zero-order valence-corrected chi connectivity index (χ0v) is 14.0. The van der Waals surface area contributed by atoms with Crippen LogP contribution in [0, 0.1) is 0 Å². The summed E-state index contributed by atoms with van der Waals surface area (Å²) < 4.78 is 16.5. The smallest absolute Gasteiger partial charge is 0.410 e. The summed E-state index contributed by atoms with van der Waals surface area (Å²) in [5, 5.41) is 0. The Hall–Kier alpha value is -1.91. The third-order valence-electron chi connectivity index (χ3n) is 3.68. The van der Waals surface area contributed by atoms with Gasteiger partial charge in [0.05, 0.1) is 25.8 Å². The lowest BCUT2D eigenvalue weighted by molar-refractivity contribution is 0.0221. The third-order valence-corrected chi connectivity index (χ3v) is 3.68. The molecule has 1 heterocycles. The molecule has 1 aromatic carbocycles. The monoisotopic (exact) mass is 307 g/mol. The van der Waals surface area contributed by atoms with E-state index < -0.39 is 5.60 Å². The van der Waals surface area contributed by atoms with Gasteiger partial charge < -0.3 is 19.1 Å². The number of benzene rings is 1. The summed E-state index contributed by atoms with van der Waals surface area (Å²) in [6.07, 6.45) is 1.52. The average Bonchev–Trinajstić information content (AvgIpc) is 2.93. The van der Waals surface area contributed by atoms with E-state index in [0.717, 1.165) is 29.9 Å². The van der Waals surface area contributed by atoms with Gasteiger partial charge in [-0.25, -0.2) is 4.79 Å². The molecule has 0 bridgehead atoms. The van der Waals surface area contributed by atoms with Crippen LogP contribution < -0.4 is 9.47 Å². The molecule has 2 rings (SSSR count). The maximum Gasteiger partial charge on any atom is 0.410 e. The van der Waals surface area contributed by atoms with Crippen LogP contribution in [0.4, 0.5) is 4.79 Å². The topological polar surface area (TPSA) is 48.0 Å². The Kier molecular flexibility index (Phi) is 4.84. The molecule has 122 valence electrons. The van der Waals surface area contributed by atoms with Crippen molar-refractivity contribution in [1.82, 2.24) is 4.90 Å². The van der Waals surface area contributed by atoms with Gasteiger partial charge in [-0.15, -0.1) is 0 Å². The number of ether oxygens (including phenoxy) is 3. The predicted molar refractivity (Wildman–Crippen MR) is 84.5 cm³/mol. The molecule has 5 heteroatoms. The molecule has 0 aliphatic carbocycles. The molecule has 1 atom stereocenters. The van der Waals surface area contributed by atoms with Crippen LogP contribution in [-0.2, 0) is 4.74 Å². The standard InChI is InChI=1S/C17H25NO4/c1-17(2,3)22-16(19)18-11-7-8-12(18)15-13(20-4)9-6-10-14(15)21-5/h6,9-10,12H,7-8,11H2,1-5H3/t12-/m0/s1. The Balaban J connectivity index is 2.33. The minimum absolute atomic E-state index is 0.0825. The van der Waals surface area contributed by atoms with Crippen LogP contribution in [0.5, 0.6) is 11.5 Å². The highest BCUT2D eigenvalue weighted by atomic mass is 16.6. The van der Waals surface area contributed by atoms with Crippen LogP contribution in [0.3, 0.4) is 0 Å². The van der Waals surface area contributed by atoms with Gasteiger partial charge in [0.15, 0.2) is 0 Å². The van der Waals surface area contributed by atoms with Crippen LogP contribution >= 0.6 is 0 Å². The first-order valence-corrected chi connectivity index (χ1v) is 7.58. The van der Waals surface area contributed by atoms with Crippen molar-refractivity contribution in [2.75, 3.05) is 20.8 Å². The lowest BCUT2D eigenvalue weighted by atomic mass is 10.0. The largest absolute Gasteiger partial charge is 0.496 e. The lowest BCUT2D eigenvalue weighted by Gasteiger charge is -2.30. The van der Waals surface area contributed by atoms with Gasteiger partial charge in [-0.1, -0.05) is 6.07 Å². The number of carbonyl (C=O) groups is 1. The zero-order valence-electron chi connectivity index (χ0n) is 14.0. The third kappa shape index (κ3) is 3.46. The van der Waals surface area contributed by atoms with E-state index in [9.17, 15) is 4.79 Å². The van der Waals surface area contributed by atoms with Crippen LogP contribution in [-0.4, -0.2) is 37.4 Å². The molecule has 0 aromatic heterocycles. The van der Waals surface area contributed by atoms with E-state index in [-0.39, 0.29) is 12.1 Å². The number of hydrogen-bond acceptors (Lipinski definition) is 4. The van der Waals surface area contributed by atoms with Crippen molar-refractivity contribution in [2.24, 2.45) is 0 Å². The van der Waals surface area contributed by atoms with Crippen molar-refractivity contribution in [3.05, 3.63) is 23.8 Å². The molecule has 0 spiro atoms. The quantitative estimate of drug-likeness (QED) is 0.852. The van der Waals surface area contributed by atoms with Crippen molar-refractivity contribution in [3.63, 3.8) is 0 Å². The van der Waals surface area contributed by atoms with Gasteiger partial charge in [-0.3, -0.25) is 0 Å². The summed E-state index contributed by atoms with van der Waals surface area (Å²) in [6, 6.07) is 5.59. The molecule has 0 N–H and O–H groups in total. The fourth-order valence-corrected chi connectivity index (χ4v) is 2.81. The summed E-state index contributed by atoms with van der Waals surface area (Å²) in [5.74, 6) is 1.47. The first kappa shape index (κ1) is 16.5. The summed E-state index contributed by atoms with van der Waals surface area (Å²) in [5.41, 5.74) is 0.408. The summed E-state index contributed by atoms with van der Waals surface area (Å²) >= 11 is 0. The number of likely N-dealkylation sites (tertiary alicyclic amines) is 1. The van der Waals surface area contributed by atoms with Gasteiger partial charge in [0.25, 0.3) is 0 Å². The Morgan fingerprint density at radius 3 is 2.27 bits per heavy atom. The van der Waals surface area contributed by atoms with Gasteiger partial charge in [0.1, 0.15) is 17.1 Å². The van der Waals surface area contributed by atoms with Gasteiger partial charge in [0, 0.05) is 6.54 Å². The second-order valence-corrected chi connectivity index (χ2v) is 6.41. The van der Waals surface area contributed by atoms with E-state index >= 15 is 0 Å². The minimum atomic E-state index is -0.505. The molecule has 1 aliphatic rings. The molecule has 22 heavy (non-hydrogen) atoms. The molecule has 0 saturated carbocycles. The first-order chi connectivity index (χ1) is 10.4. The molecule has 1 aromatic rings. The minimum Gasteiger partial charge on any atom is -0.496 e. The van der Waals surface area contributed by atoms with E-state index in [4.69, 9.17) is 14.2 Å². The molecule has 0 radical (unpaired) electrons. The Morgan fingerprint density at radius 2 is 1.77 bits per heavy atom. The van der Waals surface area contributed by atoms with Gasteiger partial charge in [-0.2, -0.15) is 0 Å². The number of nitrogens with zero attached hydrogens (tertiary/aromatic N) is 1. The van der Waals surface area contributed by atoms with Crippen LogP contribution in [0.15, 0.2) is 18.2 Å². The van der Waals surface area contributed by atoms with Crippen LogP contribution in [0.1, 0.15) is 45.2 Å². The molecular formula is C17H25NO4. The van der Waals surface area contributed by atoms with Crippen molar-refractivity contribution in [3.8, 4) is 11.5 Å². The van der Waals surface area contributed by atoms with Gasteiger partial charge in [0.2, 0.25) is 0 Å². The van der Waals surface area contributed by atoms with E-state index in [1.54, 1.807) is 19.1 Å². The highest BCUT2D eigenvalue weighted by Crippen LogP contribution is 2.42. The van der Waals surface area contributed by atoms with E-state index in [0.29, 0.717) is 6.54 Å². The number of methoxy groups -OCH3 is 2. The highest BCUT2D eigenvalue weighted by molar-refractivity contribution is 5.70. The summed E-state index contributed by atoms with van der Waals surface area (Å²) in [4.78, 5) is 14.2. The molecule has 1 aliphatic heterocycles. The molecular weight excluding hydrogens is 282 g/mol. The Morgan fingerprint density at radius 1 is 1.18 bits per heavy atom. The Bertz CT molecular complexity index is 514. The van der Waals surface area contributed by atoms with Gasteiger partial charge in [-0.05, 0) is 45.7 Å². The molecule has 1 amide bonds. The summed E-state index contributed by atoms with van der Waals surface area (Å²) in [6.45, 7) is 6.31. The number of hydrogen-bond donors (Lipinski definition) is 0. The number of rotatable bonds is 3. The van der Waals surface area contributed by atoms with Gasteiger partial charge >= 0.3 is 6.09 Å². The average molecular weight is 307 g/mol. The molecule has 0 unspecified atom stereocenters. The van der Waals surface area contributed by atoms with Crippen molar-refractivity contribution in [2.45, 2.75) is 45.3 Å². The van der Waals surface area contributed by atoms with E-state index in [2.05, 4.69) is 0 Å². The second kappa shape index (κ2) is 6.46. The SMILES string of the molecule is COc1cccc(OC)c1[C@@H]1CCCN1C(=O)OC(C)(C)C. The van der Waals surface area contributed by atoms with Crippen LogP contribution in [0.2, 0.25) is 0 Å². The molecule has 5 nitrogen and oxygen atoms in total. The normalized spacial score (nSPS) is 18.2. The zero-order chi connectivity index (χ0) is 16.3. The second-order valence-electron chi connectivity index (χ2n) is 6.41. The highest BCUT2D eigenvalue weighted by Gasteiger charge is 2.36. The maximum absolute atomic E-state index is 12.5. The number of amides is 1. The Labute approximate surface area is 132 Å². The van der Waals surface area contributed by atoms with Crippen molar-refractivity contribution < 1.29 is 19.0 Å². The predicted octanol–water partition coefficient (Wildman–Crippen LogP) is 3.78. The fraction of sp³-hybridized carbons (Fsp3) is 0.588. The fourth-order valence-electron chi connectivity index (χ4n) is 2.81. The maximum atomic E-state index is 12.5. The van der Waals surface area contributed by atoms with E-state index in [1.165, 1.54) is 0 Å². The molecule has 1 saturated heterocycles. The number of carbonyl (C=O) groups excluding carboxylic acids is 1. The van der Waals surface area contributed by atoms with Crippen molar-refractivity contribution >= 4 is 6.09 Å². The van der Waals surface area contributed by atoms with Crippen LogP contribution in [0.25, 0.3) is 0 Å². The molecule has 1 fully saturated rings. The summed E-state index contributed by atoms with van der Waals surface area (Å²) in [7, 11) is 3.26. The lowest BCUT2D eigenvalue weighted by Crippen LogP contribution is -2.36.